The number of benzene rings is 2. The fraction of sp³-hybridized carbons (Fsp3) is 0.211. The standard InChI is InChI=1S/C19H17F5N.BF4/c1-3-25(4-2)13(11-10-12-8-6-5-7-9-12)14-15(20)17(22)19(24)18(23)16(14)21;2-1(3,4)5/h5-11H,3-4H2,1-2H3;/q+1;-1/b11-10+;. The minimum absolute atomic E-state index is 0.0679. The zero-order chi connectivity index (χ0) is 23.1. The van der Waals surface area contributed by atoms with E-state index in [-0.39, 0.29) is 5.71 Å². The van der Waals surface area contributed by atoms with Gasteiger partial charge < -0.3 is 17.3 Å². The first kappa shape index (κ1) is 25.3. The van der Waals surface area contributed by atoms with Crippen LogP contribution in [0.3, 0.4) is 0 Å². The van der Waals surface area contributed by atoms with Gasteiger partial charge in [0.05, 0.1) is 0 Å². The van der Waals surface area contributed by atoms with Crippen LogP contribution in [0.2, 0.25) is 0 Å². The summed E-state index contributed by atoms with van der Waals surface area (Å²) in [6.07, 6.45) is 2.92. The average molecular weight is 441 g/mol. The Morgan fingerprint density at radius 1 is 0.767 bits per heavy atom. The van der Waals surface area contributed by atoms with E-state index >= 15 is 0 Å². The van der Waals surface area contributed by atoms with Crippen molar-refractivity contribution >= 4 is 19.0 Å². The highest BCUT2D eigenvalue weighted by molar-refractivity contribution is 6.50. The molecule has 164 valence electrons. The molecule has 0 aliphatic heterocycles. The minimum atomic E-state index is -6.00. The molecule has 0 spiro atoms. The minimum Gasteiger partial charge on any atom is -0.418 e. The van der Waals surface area contributed by atoms with E-state index in [1.807, 2.05) is 0 Å². The van der Waals surface area contributed by atoms with Gasteiger partial charge in [0.25, 0.3) is 0 Å². The molecule has 0 atom stereocenters. The summed E-state index contributed by atoms with van der Waals surface area (Å²) in [5.41, 5.74) is -0.259. The molecule has 0 saturated heterocycles. The van der Waals surface area contributed by atoms with Crippen LogP contribution in [-0.2, 0) is 0 Å². The molecule has 0 saturated carbocycles. The van der Waals surface area contributed by atoms with Gasteiger partial charge in [0.1, 0.15) is 18.7 Å². The number of hydrogen-bond acceptors (Lipinski definition) is 0. The molecule has 0 unspecified atom stereocenters. The highest BCUT2D eigenvalue weighted by Crippen LogP contribution is 2.24. The summed E-state index contributed by atoms with van der Waals surface area (Å²) in [7, 11) is -6.00. The number of halogens is 9. The Morgan fingerprint density at radius 3 is 1.57 bits per heavy atom. The van der Waals surface area contributed by atoms with Gasteiger partial charge >= 0.3 is 7.25 Å². The van der Waals surface area contributed by atoms with E-state index in [1.54, 1.807) is 50.3 Å². The van der Waals surface area contributed by atoms with Crippen molar-refractivity contribution in [3.63, 3.8) is 0 Å². The van der Waals surface area contributed by atoms with Gasteiger partial charge in [-0.1, -0.05) is 30.3 Å². The third kappa shape index (κ3) is 6.96. The largest absolute Gasteiger partial charge is 0.673 e. The van der Waals surface area contributed by atoms with Crippen LogP contribution in [0.1, 0.15) is 25.0 Å². The zero-order valence-electron chi connectivity index (χ0n) is 15.9. The maximum absolute atomic E-state index is 14.2. The number of rotatable bonds is 5. The Kier molecular flexibility index (Phi) is 9.19. The molecule has 0 aliphatic rings. The van der Waals surface area contributed by atoms with Crippen LogP contribution in [0, 0.1) is 29.1 Å². The third-order valence-corrected chi connectivity index (χ3v) is 3.80. The van der Waals surface area contributed by atoms with Crippen molar-refractivity contribution < 1.29 is 43.8 Å². The highest BCUT2D eigenvalue weighted by Gasteiger charge is 2.31. The predicted octanol–water partition coefficient (Wildman–Crippen LogP) is 6.24. The van der Waals surface area contributed by atoms with Crippen LogP contribution >= 0.6 is 0 Å². The van der Waals surface area contributed by atoms with Crippen molar-refractivity contribution in [1.29, 1.82) is 0 Å². The van der Waals surface area contributed by atoms with Gasteiger partial charge in [-0.05, 0) is 25.5 Å². The Labute approximate surface area is 167 Å². The summed E-state index contributed by atoms with van der Waals surface area (Å²) < 4.78 is 109. The normalized spacial score (nSPS) is 11.3. The first-order chi connectivity index (χ1) is 13.9. The molecular weight excluding hydrogens is 424 g/mol. The molecule has 0 aliphatic carbocycles. The second-order valence-corrected chi connectivity index (χ2v) is 5.74. The van der Waals surface area contributed by atoms with E-state index in [9.17, 15) is 39.2 Å². The van der Waals surface area contributed by atoms with E-state index in [1.165, 1.54) is 10.7 Å². The van der Waals surface area contributed by atoms with Gasteiger partial charge in [0, 0.05) is 6.08 Å². The van der Waals surface area contributed by atoms with Gasteiger partial charge in [-0.25, -0.2) is 26.5 Å². The van der Waals surface area contributed by atoms with Gasteiger partial charge in [-0.15, -0.1) is 0 Å². The molecule has 0 radical (unpaired) electrons. The summed E-state index contributed by atoms with van der Waals surface area (Å²) in [4.78, 5) is 0. The molecule has 11 heteroatoms. The van der Waals surface area contributed by atoms with E-state index < -0.39 is 41.9 Å². The van der Waals surface area contributed by atoms with E-state index in [2.05, 4.69) is 0 Å². The van der Waals surface area contributed by atoms with Crippen LogP contribution in [-0.4, -0.2) is 30.6 Å². The van der Waals surface area contributed by atoms with Gasteiger partial charge in [-0.3, -0.25) is 0 Å². The van der Waals surface area contributed by atoms with Gasteiger partial charge in [-0.2, -0.15) is 0 Å². The fourth-order valence-corrected chi connectivity index (χ4v) is 2.48. The molecule has 2 aromatic carbocycles. The molecule has 30 heavy (non-hydrogen) atoms. The smallest absolute Gasteiger partial charge is 0.418 e. The monoisotopic (exact) mass is 441 g/mol. The van der Waals surface area contributed by atoms with E-state index in [0.29, 0.717) is 13.1 Å². The van der Waals surface area contributed by atoms with Crippen LogP contribution in [0.4, 0.5) is 39.2 Å². The molecule has 0 aromatic heterocycles. The van der Waals surface area contributed by atoms with E-state index in [4.69, 9.17) is 0 Å². The fourth-order valence-electron chi connectivity index (χ4n) is 2.48. The predicted molar refractivity (Wildman–Crippen MR) is 97.3 cm³/mol. The maximum Gasteiger partial charge on any atom is 0.673 e. The summed E-state index contributed by atoms with van der Waals surface area (Å²) in [6.45, 7) is 4.13. The number of hydrogen-bond donors (Lipinski definition) is 0. The topological polar surface area (TPSA) is 3.01 Å². The molecular formula is C19H17BF9N. The molecule has 2 rings (SSSR count). The Morgan fingerprint density at radius 2 is 1.17 bits per heavy atom. The molecule has 0 N–H and O–H groups in total. The molecule has 0 amide bonds. The van der Waals surface area contributed by atoms with E-state index in [0.717, 1.165) is 5.56 Å². The van der Waals surface area contributed by atoms with Crippen LogP contribution in [0.15, 0.2) is 36.4 Å². The lowest BCUT2D eigenvalue weighted by Gasteiger charge is -2.09. The number of allylic oxidation sites excluding steroid dienone is 1. The molecule has 0 heterocycles. The lowest BCUT2D eigenvalue weighted by atomic mass is 10.0. The highest BCUT2D eigenvalue weighted by atomic mass is 19.5. The second kappa shape index (κ2) is 10.9. The van der Waals surface area contributed by atoms with Crippen LogP contribution < -0.4 is 0 Å². The summed E-state index contributed by atoms with van der Waals surface area (Å²) >= 11 is 0. The van der Waals surface area contributed by atoms with Gasteiger partial charge in [0.2, 0.25) is 11.5 Å². The number of nitrogens with zero attached hydrogens (tertiary/aromatic N) is 1. The third-order valence-electron chi connectivity index (χ3n) is 3.80. The Balaban J connectivity index is 0.000000804. The SMILES string of the molecule is CC[N+](CC)=C(/C=C/c1ccccc1)c1c(F)c(F)c(F)c(F)c1F.F[B-](F)(F)F. The average Bonchev–Trinajstić information content (AvgIpc) is 2.69. The van der Waals surface area contributed by atoms with Crippen LogP contribution in [0.25, 0.3) is 6.08 Å². The quantitative estimate of drug-likeness (QED) is 0.129. The Bertz CT molecular complexity index is 881. The lowest BCUT2D eigenvalue weighted by Crippen LogP contribution is -2.24. The first-order valence-electron chi connectivity index (χ1n) is 8.66. The second-order valence-electron chi connectivity index (χ2n) is 5.74. The maximum atomic E-state index is 14.2. The van der Waals surface area contributed by atoms with Crippen molar-refractivity contribution in [2.24, 2.45) is 0 Å². The molecule has 1 nitrogen and oxygen atoms in total. The van der Waals surface area contributed by atoms with Gasteiger partial charge in [0.15, 0.2) is 23.3 Å². The zero-order valence-corrected chi connectivity index (χ0v) is 15.9. The molecule has 0 bridgehead atoms. The van der Waals surface area contributed by atoms with Crippen molar-refractivity contribution in [2.75, 3.05) is 13.1 Å². The summed E-state index contributed by atoms with van der Waals surface area (Å²) in [5, 5.41) is 0. The molecule has 2 aromatic rings. The van der Waals surface area contributed by atoms with Crippen molar-refractivity contribution in [3.8, 4) is 0 Å². The Hall–Kier alpha value is -2.72. The molecule has 0 fully saturated rings. The lowest BCUT2D eigenvalue weighted by molar-refractivity contribution is -0.519. The van der Waals surface area contributed by atoms with Crippen LogP contribution in [0.5, 0.6) is 0 Å². The summed E-state index contributed by atoms with van der Waals surface area (Å²) in [6, 6.07) is 8.87. The van der Waals surface area contributed by atoms with Crippen molar-refractivity contribution in [3.05, 3.63) is 76.6 Å². The van der Waals surface area contributed by atoms with Crippen molar-refractivity contribution in [1.82, 2.24) is 0 Å². The first-order valence-corrected chi connectivity index (χ1v) is 8.66. The van der Waals surface area contributed by atoms with Crippen molar-refractivity contribution in [2.45, 2.75) is 13.8 Å². The summed E-state index contributed by atoms with van der Waals surface area (Å²) in [5.74, 6) is -9.74.